The Kier molecular flexibility index (Phi) is 7.76. The summed E-state index contributed by atoms with van der Waals surface area (Å²) in [5.41, 5.74) is 3.61. The van der Waals surface area contributed by atoms with Gasteiger partial charge in [-0.25, -0.2) is 9.37 Å². The minimum absolute atomic E-state index is 0.0923. The Hall–Kier alpha value is -5.04. The van der Waals surface area contributed by atoms with E-state index in [0.29, 0.717) is 59.4 Å². The molecule has 2 N–H and O–H groups in total. The number of anilines is 1. The van der Waals surface area contributed by atoms with Crippen LogP contribution in [0.4, 0.5) is 10.1 Å². The maximum atomic E-state index is 13.6. The van der Waals surface area contributed by atoms with Crippen molar-refractivity contribution in [3.8, 4) is 11.5 Å². The molecule has 2 aromatic carbocycles. The molecule has 1 saturated heterocycles. The molecule has 7 rings (SSSR count). The van der Waals surface area contributed by atoms with Crippen LogP contribution in [0.2, 0.25) is 0 Å². The van der Waals surface area contributed by atoms with Crippen molar-refractivity contribution in [2.24, 2.45) is 11.8 Å². The van der Waals surface area contributed by atoms with E-state index >= 15 is 0 Å². The number of halogens is 1. The average molecular weight is 610 g/mol. The molecule has 2 aliphatic rings. The van der Waals surface area contributed by atoms with Crippen LogP contribution in [0.25, 0.3) is 22.6 Å². The maximum absolute atomic E-state index is 13.6. The van der Waals surface area contributed by atoms with Gasteiger partial charge in [0.1, 0.15) is 23.4 Å². The highest BCUT2D eigenvalue weighted by Gasteiger charge is 2.43. The summed E-state index contributed by atoms with van der Waals surface area (Å²) < 4.78 is 19.2. The van der Waals surface area contributed by atoms with Gasteiger partial charge >= 0.3 is 0 Å². The Morgan fingerprint density at radius 3 is 2.64 bits per heavy atom. The highest BCUT2D eigenvalue weighted by atomic mass is 19.1. The van der Waals surface area contributed by atoms with E-state index in [1.165, 1.54) is 0 Å². The highest BCUT2D eigenvalue weighted by molar-refractivity contribution is 5.96. The summed E-state index contributed by atoms with van der Waals surface area (Å²) in [6.07, 6.45) is 2.30. The summed E-state index contributed by atoms with van der Waals surface area (Å²) in [4.78, 5) is 38.2. The molecule has 2 amide bonds. The third-order valence-corrected chi connectivity index (χ3v) is 8.40. The molecule has 13 heteroatoms. The molecule has 1 saturated carbocycles. The number of tetrazole rings is 1. The summed E-state index contributed by atoms with van der Waals surface area (Å²) in [6.45, 7) is 1.67. The first-order valence-corrected chi connectivity index (χ1v) is 15.1. The lowest BCUT2D eigenvalue weighted by atomic mass is 9.85. The van der Waals surface area contributed by atoms with Gasteiger partial charge in [-0.3, -0.25) is 14.6 Å². The first kappa shape index (κ1) is 28.7. The van der Waals surface area contributed by atoms with Crippen molar-refractivity contribution < 1.29 is 18.4 Å². The predicted molar refractivity (Wildman–Crippen MR) is 163 cm³/mol. The summed E-state index contributed by atoms with van der Waals surface area (Å²) in [6, 6.07) is 18.6. The van der Waals surface area contributed by atoms with Gasteiger partial charge in [0.2, 0.25) is 11.8 Å². The van der Waals surface area contributed by atoms with Crippen molar-refractivity contribution in [1.82, 2.24) is 40.4 Å². The highest BCUT2D eigenvalue weighted by Crippen LogP contribution is 2.36. The van der Waals surface area contributed by atoms with E-state index in [2.05, 4.69) is 48.1 Å². The van der Waals surface area contributed by atoms with E-state index in [-0.39, 0.29) is 30.2 Å². The fraction of sp³-hybridized carbons (Fsp3) is 0.344. The number of carbonyl (C=O) groups is 2. The number of oxazole rings is 1. The number of hydrogen-bond donors (Lipinski definition) is 2. The SMILES string of the molecule is CNCc1nnn(C(c2ccccc2)C2CCN(C(=O)c3cc(-c4nc5cc(NC(=O)[C@@H]6C[C@@H]6F)ccc5o4)ccn3)CC2)n1. The van der Waals surface area contributed by atoms with Crippen molar-refractivity contribution in [1.29, 1.82) is 0 Å². The lowest BCUT2D eigenvalue weighted by Gasteiger charge is -2.35. The van der Waals surface area contributed by atoms with Gasteiger partial charge < -0.3 is 20.0 Å². The van der Waals surface area contributed by atoms with Crippen molar-refractivity contribution in [2.45, 2.75) is 38.0 Å². The van der Waals surface area contributed by atoms with E-state index in [1.807, 2.05) is 30.1 Å². The zero-order valence-electron chi connectivity index (χ0n) is 24.6. The monoisotopic (exact) mass is 609 g/mol. The van der Waals surface area contributed by atoms with E-state index in [9.17, 15) is 14.0 Å². The molecule has 0 spiro atoms. The summed E-state index contributed by atoms with van der Waals surface area (Å²) >= 11 is 0. The number of nitrogens with one attached hydrogen (secondary N) is 2. The first-order valence-electron chi connectivity index (χ1n) is 15.1. The van der Waals surface area contributed by atoms with Crippen LogP contribution < -0.4 is 10.6 Å². The molecule has 4 heterocycles. The minimum atomic E-state index is -1.07. The molecule has 1 aliphatic carbocycles. The summed E-state index contributed by atoms with van der Waals surface area (Å²) in [5.74, 6) is 0.0979. The number of pyridine rings is 1. The fourth-order valence-corrected chi connectivity index (χ4v) is 5.91. The van der Waals surface area contributed by atoms with Gasteiger partial charge in [-0.2, -0.15) is 4.80 Å². The molecular formula is C32H32FN9O3. The molecule has 45 heavy (non-hydrogen) atoms. The van der Waals surface area contributed by atoms with Crippen LogP contribution in [0.3, 0.4) is 0 Å². The van der Waals surface area contributed by atoms with Crippen LogP contribution in [-0.2, 0) is 11.3 Å². The quantitative estimate of drug-likeness (QED) is 0.253. The Morgan fingerprint density at radius 1 is 1.09 bits per heavy atom. The van der Waals surface area contributed by atoms with Gasteiger partial charge in [-0.05, 0) is 73.3 Å². The largest absolute Gasteiger partial charge is 0.436 e. The van der Waals surface area contributed by atoms with E-state index in [0.717, 1.165) is 18.4 Å². The number of nitrogens with zero attached hydrogens (tertiary/aromatic N) is 7. The zero-order valence-corrected chi connectivity index (χ0v) is 24.6. The molecule has 3 aromatic heterocycles. The number of fused-ring (bicyclic) bond motifs is 1. The lowest BCUT2D eigenvalue weighted by molar-refractivity contribution is -0.117. The Balaban J connectivity index is 1.04. The predicted octanol–water partition coefficient (Wildman–Crippen LogP) is 4.03. The molecular weight excluding hydrogens is 577 g/mol. The molecule has 2 fully saturated rings. The van der Waals surface area contributed by atoms with Gasteiger partial charge in [0.05, 0.1) is 12.5 Å². The van der Waals surface area contributed by atoms with Gasteiger partial charge in [0, 0.05) is 30.5 Å². The van der Waals surface area contributed by atoms with Gasteiger partial charge in [-0.1, -0.05) is 30.3 Å². The summed E-state index contributed by atoms with van der Waals surface area (Å²) in [5, 5.41) is 19.0. The van der Waals surface area contributed by atoms with Crippen LogP contribution >= 0.6 is 0 Å². The standard InChI is InChI=1S/C32H32FN9O3/c1-34-18-28-38-40-42(39-28)29(19-5-3-2-4-6-19)20-10-13-41(14-11-20)32(44)26-15-21(9-12-35-26)31-37-25-16-22(7-8-27(25)45-31)36-30(43)23-17-24(23)33/h2-9,12,15-16,20,23-24,29,34H,10-11,13-14,17-18H2,1H3,(H,36,43)/t23-,24+,29?/m1/s1. The van der Waals surface area contributed by atoms with Crippen LogP contribution in [0.1, 0.15) is 47.2 Å². The molecule has 5 aromatic rings. The Morgan fingerprint density at radius 2 is 1.89 bits per heavy atom. The number of amides is 2. The third kappa shape index (κ3) is 6.03. The van der Waals surface area contributed by atoms with E-state index < -0.39 is 12.1 Å². The zero-order chi connectivity index (χ0) is 30.9. The summed E-state index contributed by atoms with van der Waals surface area (Å²) in [7, 11) is 1.85. The number of benzene rings is 2. The second-order valence-corrected chi connectivity index (χ2v) is 11.5. The maximum Gasteiger partial charge on any atom is 0.272 e. The molecule has 0 bridgehead atoms. The van der Waals surface area contributed by atoms with Crippen LogP contribution in [0, 0.1) is 11.8 Å². The number of alkyl halides is 1. The average Bonchev–Trinajstić information content (AvgIpc) is 3.41. The Labute approximate surface area is 258 Å². The smallest absolute Gasteiger partial charge is 0.272 e. The molecule has 3 atom stereocenters. The van der Waals surface area contributed by atoms with Crippen LogP contribution in [0.15, 0.2) is 71.3 Å². The number of likely N-dealkylation sites (tertiary alicyclic amines) is 1. The molecule has 1 unspecified atom stereocenters. The molecule has 12 nitrogen and oxygen atoms in total. The first-order chi connectivity index (χ1) is 22.0. The number of rotatable bonds is 9. The molecule has 0 radical (unpaired) electrons. The van der Waals surface area contributed by atoms with Crippen LogP contribution in [0.5, 0.6) is 0 Å². The van der Waals surface area contributed by atoms with E-state index in [1.54, 1.807) is 41.3 Å². The molecule has 1 aliphatic heterocycles. The van der Waals surface area contributed by atoms with Crippen molar-refractivity contribution >= 4 is 28.6 Å². The topological polar surface area (TPSA) is 144 Å². The van der Waals surface area contributed by atoms with Crippen molar-refractivity contribution in [3.05, 3.63) is 83.9 Å². The van der Waals surface area contributed by atoms with Crippen molar-refractivity contribution in [2.75, 3.05) is 25.5 Å². The number of aromatic nitrogens is 6. The Bertz CT molecular complexity index is 1830. The van der Waals surface area contributed by atoms with E-state index in [4.69, 9.17) is 4.42 Å². The van der Waals surface area contributed by atoms with Crippen molar-refractivity contribution in [3.63, 3.8) is 0 Å². The number of hydrogen-bond acceptors (Lipinski definition) is 9. The minimum Gasteiger partial charge on any atom is -0.436 e. The second-order valence-electron chi connectivity index (χ2n) is 11.5. The van der Waals surface area contributed by atoms with Crippen LogP contribution in [-0.4, -0.2) is 73.2 Å². The third-order valence-electron chi connectivity index (χ3n) is 8.40. The lowest BCUT2D eigenvalue weighted by Crippen LogP contribution is -2.41. The molecule has 230 valence electrons. The number of carbonyl (C=O) groups excluding carboxylic acids is 2. The normalized spacial score (nSPS) is 19.0. The van der Waals surface area contributed by atoms with Gasteiger partial charge in [0.15, 0.2) is 11.4 Å². The fourth-order valence-electron chi connectivity index (χ4n) is 5.91. The second kappa shape index (κ2) is 12.2. The van der Waals surface area contributed by atoms with Gasteiger partial charge in [0.25, 0.3) is 5.91 Å². The number of piperidine rings is 1. The van der Waals surface area contributed by atoms with Gasteiger partial charge in [-0.15, -0.1) is 10.2 Å².